The Morgan fingerprint density at radius 2 is 1.93 bits per heavy atom. The minimum absolute atomic E-state index is 0.270. The van der Waals surface area contributed by atoms with E-state index in [-0.39, 0.29) is 5.92 Å². The average molecular weight is 203 g/mol. The van der Waals surface area contributed by atoms with Gasteiger partial charge in [0.25, 0.3) is 0 Å². The monoisotopic (exact) mass is 203 g/mol. The van der Waals surface area contributed by atoms with E-state index in [4.69, 9.17) is 11.1 Å². The summed E-state index contributed by atoms with van der Waals surface area (Å²) in [4.78, 5) is 0. The Labute approximate surface area is 90.5 Å². The van der Waals surface area contributed by atoms with Crippen LogP contribution in [0.15, 0.2) is 41.7 Å². The highest BCUT2D eigenvalue weighted by Crippen LogP contribution is 2.16. The van der Waals surface area contributed by atoms with Gasteiger partial charge in [-0.3, -0.25) is 0 Å². The number of anilines is 1. The average Bonchev–Trinajstić information content (AvgIpc) is 2.26. The highest BCUT2D eigenvalue weighted by Gasteiger charge is 2.06. The molecule has 0 saturated carbocycles. The summed E-state index contributed by atoms with van der Waals surface area (Å²) in [5.74, 6) is 0.270. The number of hydrogen-bond donors (Lipinski definition) is 3. The van der Waals surface area contributed by atoms with Crippen LogP contribution in [-0.4, -0.2) is 6.21 Å². The van der Waals surface area contributed by atoms with Crippen LogP contribution in [-0.2, 0) is 0 Å². The number of allylic oxidation sites excluding steroid dienone is 2. The number of para-hydroxylation sites is 1. The van der Waals surface area contributed by atoms with Gasteiger partial charge in [0.15, 0.2) is 0 Å². The van der Waals surface area contributed by atoms with Gasteiger partial charge in [0.2, 0.25) is 0 Å². The van der Waals surface area contributed by atoms with E-state index in [1.165, 1.54) is 6.21 Å². The van der Waals surface area contributed by atoms with Crippen molar-refractivity contribution in [3.63, 3.8) is 0 Å². The molecule has 3 heteroatoms. The molecular formula is C12H17N3. The predicted octanol–water partition coefficient (Wildman–Crippen LogP) is 2.57. The van der Waals surface area contributed by atoms with Gasteiger partial charge in [0.05, 0.1) is 5.70 Å². The highest BCUT2D eigenvalue weighted by molar-refractivity contribution is 5.77. The molecule has 0 aliphatic rings. The summed E-state index contributed by atoms with van der Waals surface area (Å²) in [5, 5.41) is 10.4. The molecule has 1 aromatic carbocycles. The first-order valence-corrected chi connectivity index (χ1v) is 4.97. The molecule has 0 saturated heterocycles. The Balaban J connectivity index is 2.91. The maximum absolute atomic E-state index is 7.15. The summed E-state index contributed by atoms with van der Waals surface area (Å²) in [6.45, 7) is 4.09. The van der Waals surface area contributed by atoms with Gasteiger partial charge in [-0.25, -0.2) is 0 Å². The Kier molecular flexibility index (Phi) is 3.92. The molecule has 0 aromatic heterocycles. The molecule has 3 nitrogen and oxygen atoms in total. The van der Waals surface area contributed by atoms with Crippen molar-refractivity contribution in [3.05, 3.63) is 41.7 Å². The molecule has 0 bridgehead atoms. The SMILES string of the molecule is CC(C)/C(Nc1ccccc1)=C(\N)C=N. The van der Waals surface area contributed by atoms with E-state index in [1.807, 2.05) is 44.2 Å². The van der Waals surface area contributed by atoms with Crippen LogP contribution in [0, 0.1) is 11.3 Å². The van der Waals surface area contributed by atoms with E-state index >= 15 is 0 Å². The molecule has 0 atom stereocenters. The van der Waals surface area contributed by atoms with Crippen molar-refractivity contribution in [1.82, 2.24) is 0 Å². The second-order valence-corrected chi connectivity index (χ2v) is 3.66. The lowest BCUT2D eigenvalue weighted by Crippen LogP contribution is -2.15. The molecule has 0 heterocycles. The highest BCUT2D eigenvalue weighted by atomic mass is 14.9. The summed E-state index contributed by atoms with van der Waals surface area (Å²) in [7, 11) is 0. The van der Waals surface area contributed by atoms with Gasteiger partial charge in [0.1, 0.15) is 0 Å². The summed E-state index contributed by atoms with van der Waals surface area (Å²) < 4.78 is 0. The summed E-state index contributed by atoms with van der Waals surface area (Å²) >= 11 is 0. The molecule has 0 aliphatic carbocycles. The van der Waals surface area contributed by atoms with E-state index in [2.05, 4.69) is 5.32 Å². The van der Waals surface area contributed by atoms with Crippen LogP contribution in [0.1, 0.15) is 13.8 Å². The summed E-state index contributed by atoms with van der Waals surface area (Å²) in [5.41, 5.74) is 8.10. The summed E-state index contributed by atoms with van der Waals surface area (Å²) in [6.07, 6.45) is 1.17. The van der Waals surface area contributed by atoms with E-state index in [0.717, 1.165) is 11.4 Å². The second-order valence-electron chi connectivity index (χ2n) is 3.66. The third-order valence-electron chi connectivity index (χ3n) is 2.10. The lowest BCUT2D eigenvalue weighted by Gasteiger charge is -2.15. The Hall–Kier alpha value is -1.77. The van der Waals surface area contributed by atoms with Crippen LogP contribution < -0.4 is 11.1 Å². The lowest BCUT2D eigenvalue weighted by atomic mass is 10.1. The molecule has 1 aromatic rings. The van der Waals surface area contributed by atoms with Crippen LogP contribution in [0.3, 0.4) is 0 Å². The molecule has 0 spiro atoms. The summed E-state index contributed by atoms with van der Waals surface area (Å²) in [6, 6.07) is 9.82. The third kappa shape index (κ3) is 3.13. The Bertz CT molecular complexity index is 352. The number of benzene rings is 1. The van der Waals surface area contributed by atoms with Gasteiger partial charge in [-0.15, -0.1) is 0 Å². The van der Waals surface area contributed by atoms with Crippen molar-refractivity contribution < 1.29 is 0 Å². The van der Waals surface area contributed by atoms with Crippen molar-refractivity contribution in [1.29, 1.82) is 5.41 Å². The normalized spacial score (nSPS) is 12.2. The van der Waals surface area contributed by atoms with E-state index in [9.17, 15) is 0 Å². The maximum atomic E-state index is 7.15. The quantitative estimate of drug-likeness (QED) is 0.658. The van der Waals surface area contributed by atoms with Crippen LogP contribution >= 0.6 is 0 Å². The first kappa shape index (κ1) is 11.3. The molecule has 0 radical (unpaired) electrons. The number of rotatable bonds is 4. The fourth-order valence-electron chi connectivity index (χ4n) is 1.30. The van der Waals surface area contributed by atoms with Crippen molar-refractivity contribution >= 4 is 11.9 Å². The molecule has 0 aliphatic heterocycles. The largest absolute Gasteiger partial charge is 0.396 e. The zero-order valence-electron chi connectivity index (χ0n) is 9.12. The Morgan fingerprint density at radius 3 is 2.40 bits per heavy atom. The van der Waals surface area contributed by atoms with Crippen molar-refractivity contribution in [2.75, 3.05) is 5.32 Å². The molecule has 0 unspecified atom stereocenters. The van der Waals surface area contributed by atoms with E-state index in [1.54, 1.807) is 0 Å². The van der Waals surface area contributed by atoms with Gasteiger partial charge >= 0.3 is 0 Å². The molecule has 1 rings (SSSR count). The molecule has 0 amide bonds. The Morgan fingerprint density at radius 1 is 1.33 bits per heavy atom. The standard InChI is InChI=1S/C12H17N3/c1-9(2)12(11(14)8-13)15-10-6-4-3-5-7-10/h3-9,13,15H,14H2,1-2H3/b12-11+,13-8?. The molecule has 4 N–H and O–H groups in total. The van der Waals surface area contributed by atoms with Gasteiger partial charge in [-0.1, -0.05) is 32.0 Å². The lowest BCUT2D eigenvalue weighted by molar-refractivity contribution is 0.766. The van der Waals surface area contributed by atoms with Crippen LogP contribution in [0.5, 0.6) is 0 Å². The van der Waals surface area contributed by atoms with Crippen molar-refractivity contribution in [2.45, 2.75) is 13.8 Å². The third-order valence-corrected chi connectivity index (χ3v) is 2.10. The van der Waals surface area contributed by atoms with Crippen LogP contribution in [0.25, 0.3) is 0 Å². The zero-order chi connectivity index (χ0) is 11.3. The molecule has 80 valence electrons. The van der Waals surface area contributed by atoms with Gasteiger partial charge in [-0.05, 0) is 18.1 Å². The molecular weight excluding hydrogens is 186 g/mol. The second kappa shape index (κ2) is 5.20. The maximum Gasteiger partial charge on any atom is 0.0691 e. The number of nitrogens with two attached hydrogens (primary N) is 1. The fraction of sp³-hybridized carbons (Fsp3) is 0.250. The molecule has 15 heavy (non-hydrogen) atoms. The van der Waals surface area contributed by atoms with Crippen molar-refractivity contribution in [2.24, 2.45) is 11.7 Å². The number of hydrogen-bond acceptors (Lipinski definition) is 3. The first-order valence-electron chi connectivity index (χ1n) is 4.97. The minimum Gasteiger partial charge on any atom is -0.396 e. The van der Waals surface area contributed by atoms with E-state index < -0.39 is 0 Å². The van der Waals surface area contributed by atoms with Gasteiger partial charge < -0.3 is 16.5 Å². The number of nitrogens with one attached hydrogen (secondary N) is 2. The van der Waals surface area contributed by atoms with E-state index in [0.29, 0.717) is 5.70 Å². The van der Waals surface area contributed by atoms with Crippen LogP contribution in [0.2, 0.25) is 0 Å². The predicted molar refractivity (Wildman–Crippen MR) is 64.9 cm³/mol. The van der Waals surface area contributed by atoms with Gasteiger partial charge in [-0.2, -0.15) is 0 Å². The van der Waals surface area contributed by atoms with Gasteiger partial charge in [0, 0.05) is 17.6 Å². The van der Waals surface area contributed by atoms with Crippen molar-refractivity contribution in [3.8, 4) is 0 Å². The van der Waals surface area contributed by atoms with Crippen LogP contribution in [0.4, 0.5) is 5.69 Å². The fourth-order valence-corrected chi connectivity index (χ4v) is 1.30. The first-order chi connectivity index (χ1) is 7.15. The topological polar surface area (TPSA) is 61.9 Å². The zero-order valence-corrected chi connectivity index (χ0v) is 9.12. The minimum atomic E-state index is 0.270. The smallest absolute Gasteiger partial charge is 0.0691 e. The molecule has 0 fully saturated rings.